The molecule has 1 rings (SSSR count). The van der Waals surface area contributed by atoms with E-state index in [1.165, 1.54) is 7.11 Å². The number of esters is 1. The van der Waals surface area contributed by atoms with E-state index in [-0.39, 0.29) is 11.9 Å². The predicted molar refractivity (Wildman–Crippen MR) is 49.3 cm³/mol. The third-order valence-electron chi connectivity index (χ3n) is 2.60. The molecular weight excluding hydrogens is 168 g/mol. The molecule has 0 spiro atoms. The molecule has 0 bridgehead atoms. The summed E-state index contributed by atoms with van der Waals surface area (Å²) in [5.41, 5.74) is 0. The Balaban J connectivity index is 2.41. The summed E-state index contributed by atoms with van der Waals surface area (Å²) in [4.78, 5) is 11.4. The first-order chi connectivity index (χ1) is 6.15. The average Bonchev–Trinajstić information content (AvgIpc) is 2.00. The fourth-order valence-corrected chi connectivity index (χ4v) is 1.57. The van der Waals surface area contributed by atoms with Crippen LogP contribution in [0.5, 0.6) is 0 Å². The lowest BCUT2D eigenvalue weighted by Gasteiger charge is -2.30. The van der Waals surface area contributed by atoms with Gasteiger partial charge in [-0.05, 0) is 12.3 Å². The van der Waals surface area contributed by atoms with Crippen molar-refractivity contribution in [3.8, 4) is 0 Å². The highest BCUT2D eigenvalue weighted by molar-refractivity contribution is 5.72. The zero-order chi connectivity index (χ0) is 9.84. The van der Waals surface area contributed by atoms with Gasteiger partial charge in [-0.1, -0.05) is 13.8 Å². The van der Waals surface area contributed by atoms with Gasteiger partial charge in [0.2, 0.25) is 0 Å². The monoisotopic (exact) mass is 186 g/mol. The highest BCUT2D eigenvalue weighted by Gasteiger charge is 2.29. The maximum atomic E-state index is 11.4. The SMILES string of the molecule is COC(=O)C(CC1COC1)C(C)C. The van der Waals surface area contributed by atoms with Crippen LogP contribution in [0.2, 0.25) is 0 Å². The summed E-state index contributed by atoms with van der Waals surface area (Å²) >= 11 is 0. The summed E-state index contributed by atoms with van der Waals surface area (Å²) in [6.45, 7) is 5.72. The van der Waals surface area contributed by atoms with Crippen molar-refractivity contribution in [2.45, 2.75) is 20.3 Å². The van der Waals surface area contributed by atoms with Gasteiger partial charge in [0.1, 0.15) is 0 Å². The van der Waals surface area contributed by atoms with Crippen LogP contribution < -0.4 is 0 Å². The van der Waals surface area contributed by atoms with E-state index in [0.29, 0.717) is 11.8 Å². The summed E-state index contributed by atoms with van der Waals surface area (Å²) in [5, 5.41) is 0. The molecule has 13 heavy (non-hydrogen) atoms. The second-order valence-corrected chi connectivity index (χ2v) is 4.01. The number of carbonyl (C=O) groups excluding carboxylic acids is 1. The number of hydrogen-bond donors (Lipinski definition) is 0. The topological polar surface area (TPSA) is 35.5 Å². The van der Waals surface area contributed by atoms with Crippen molar-refractivity contribution in [1.82, 2.24) is 0 Å². The summed E-state index contributed by atoms with van der Waals surface area (Å²) in [6.07, 6.45) is 0.907. The van der Waals surface area contributed by atoms with E-state index in [1.807, 2.05) is 0 Å². The van der Waals surface area contributed by atoms with E-state index in [1.54, 1.807) is 0 Å². The minimum atomic E-state index is -0.0816. The number of rotatable bonds is 4. The third kappa shape index (κ3) is 2.69. The fraction of sp³-hybridized carbons (Fsp3) is 0.900. The first-order valence-corrected chi connectivity index (χ1v) is 4.80. The van der Waals surface area contributed by atoms with Gasteiger partial charge in [0.25, 0.3) is 0 Å². The quantitative estimate of drug-likeness (QED) is 0.624. The molecule has 1 saturated heterocycles. The molecule has 1 aliphatic heterocycles. The fourth-order valence-electron chi connectivity index (χ4n) is 1.57. The molecule has 0 radical (unpaired) electrons. The van der Waals surface area contributed by atoms with E-state index in [0.717, 1.165) is 19.6 Å². The molecule has 3 nitrogen and oxygen atoms in total. The maximum absolute atomic E-state index is 11.4. The minimum absolute atomic E-state index is 0.0406. The van der Waals surface area contributed by atoms with Crippen LogP contribution in [0.25, 0.3) is 0 Å². The molecule has 1 atom stereocenters. The first kappa shape index (κ1) is 10.5. The van der Waals surface area contributed by atoms with Gasteiger partial charge in [-0.15, -0.1) is 0 Å². The lowest BCUT2D eigenvalue weighted by atomic mass is 9.85. The zero-order valence-corrected chi connectivity index (χ0v) is 8.58. The summed E-state index contributed by atoms with van der Waals surface area (Å²) < 4.78 is 9.84. The molecule has 0 aromatic rings. The highest BCUT2D eigenvalue weighted by atomic mass is 16.5. The Bertz CT molecular complexity index is 173. The van der Waals surface area contributed by atoms with Gasteiger partial charge in [-0.25, -0.2) is 0 Å². The molecule has 76 valence electrons. The summed E-state index contributed by atoms with van der Waals surface area (Å²) in [7, 11) is 1.45. The Labute approximate surface area is 79.4 Å². The van der Waals surface area contributed by atoms with Crippen molar-refractivity contribution in [3.05, 3.63) is 0 Å². The van der Waals surface area contributed by atoms with Crippen molar-refractivity contribution in [2.75, 3.05) is 20.3 Å². The molecule has 1 aliphatic rings. The average molecular weight is 186 g/mol. The summed E-state index contributed by atoms with van der Waals surface area (Å²) in [5.74, 6) is 0.875. The Morgan fingerprint density at radius 1 is 1.54 bits per heavy atom. The van der Waals surface area contributed by atoms with Crippen molar-refractivity contribution in [3.63, 3.8) is 0 Å². The maximum Gasteiger partial charge on any atom is 0.308 e. The van der Waals surface area contributed by atoms with Crippen LogP contribution in [-0.4, -0.2) is 26.3 Å². The van der Waals surface area contributed by atoms with Gasteiger partial charge < -0.3 is 9.47 Å². The van der Waals surface area contributed by atoms with E-state index >= 15 is 0 Å². The molecule has 0 saturated carbocycles. The number of carbonyl (C=O) groups is 1. The van der Waals surface area contributed by atoms with Crippen LogP contribution in [-0.2, 0) is 14.3 Å². The molecule has 0 aromatic heterocycles. The van der Waals surface area contributed by atoms with Gasteiger partial charge in [0, 0.05) is 5.92 Å². The van der Waals surface area contributed by atoms with E-state index in [9.17, 15) is 4.79 Å². The van der Waals surface area contributed by atoms with Crippen LogP contribution in [0.4, 0.5) is 0 Å². The van der Waals surface area contributed by atoms with Crippen LogP contribution in [0.15, 0.2) is 0 Å². The molecular formula is C10H18O3. The Morgan fingerprint density at radius 3 is 2.46 bits per heavy atom. The highest BCUT2D eigenvalue weighted by Crippen LogP contribution is 2.25. The normalized spacial score (nSPS) is 19.7. The smallest absolute Gasteiger partial charge is 0.308 e. The third-order valence-corrected chi connectivity index (χ3v) is 2.60. The number of ether oxygens (including phenoxy) is 2. The second kappa shape index (κ2) is 4.61. The minimum Gasteiger partial charge on any atom is -0.469 e. The van der Waals surface area contributed by atoms with Gasteiger partial charge >= 0.3 is 5.97 Å². The van der Waals surface area contributed by atoms with E-state index in [4.69, 9.17) is 9.47 Å². The van der Waals surface area contributed by atoms with Crippen LogP contribution in [0, 0.1) is 17.8 Å². The molecule has 1 heterocycles. The molecule has 0 amide bonds. The Kier molecular flexibility index (Phi) is 3.72. The number of hydrogen-bond acceptors (Lipinski definition) is 3. The van der Waals surface area contributed by atoms with Crippen molar-refractivity contribution in [1.29, 1.82) is 0 Å². The lowest BCUT2D eigenvalue weighted by Crippen LogP contribution is -2.33. The largest absolute Gasteiger partial charge is 0.469 e. The van der Waals surface area contributed by atoms with Crippen molar-refractivity contribution in [2.24, 2.45) is 17.8 Å². The zero-order valence-electron chi connectivity index (χ0n) is 8.58. The van der Waals surface area contributed by atoms with E-state index < -0.39 is 0 Å². The Morgan fingerprint density at radius 2 is 2.15 bits per heavy atom. The first-order valence-electron chi connectivity index (χ1n) is 4.80. The van der Waals surface area contributed by atoms with Crippen LogP contribution in [0.1, 0.15) is 20.3 Å². The van der Waals surface area contributed by atoms with Crippen LogP contribution >= 0.6 is 0 Å². The van der Waals surface area contributed by atoms with Crippen LogP contribution in [0.3, 0.4) is 0 Å². The molecule has 1 fully saturated rings. The molecule has 0 N–H and O–H groups in total. The van der Waals surface area contributed by atoms with E-state index in [2.05, 4.69) is 13.8 Å². The van der Waals surface area contributed by atoms with Crippen molar-refractivity contribution < 1.29 is 14.3 Å². The van der Waals surface area contributed by atoms with Gasteiger partial charge in [0.05, 0.1) is 26.2 Å². The van der Waals surface area contributed by atoms with Gasteiger partial charge in [-0.3, -0.25) is 4.79 Å². The second-order valence-electron chi connectivity index (χ2n) is 4.01. The predicted octanol–water partition coefficient (Wildman–Crippen LogP) is 1.47. The Hall–Kier alpha value is -0.570. The molecule has 1 unspecified atom stereocenters. The molecule has 0 aliphatic carbocycles. The molecule has 0 aromatic carbocycles. The molecule has 3 heteroatoms. The standard InChI is InChI=1S/C10H18O3/c1-7(2)9(10(11)12-3)4-8-5-13-6-8/h7-9H,4-6H2,1-3H3. The summed E-state index contributed by atoms with van der Waals surface area (Å²) in [6, 6.07) is 0. The van der Waals surface area contributed by atoms with Crippen molar-refractivity contribution >= 4 is 5.97 Å². The lowest BCUT2D eigenvalue weighted by molar-refractivity contribution is -0.149. The number of methoxy groups -OCH3 is 1. The van der Waals surface area contributed by atoms with Gasteiger partial charge in [0.15, 0.2) is 0 Å². The van der Waals surface area contributed by atoms with Gasteiger partial charge in [-0.2, -0.15) is 0 Å².